The molecule has 0 amide bonds. The molecule has 0 bridgehead atoms. The fourth-order valence-electron chi connectivity index (χ4n) is 0.367. The van der Waals surface area contributed by atoms with Crippen LogP contribution in [0.15, 0.2) is 0 Å². The Morgan fingerprint density at radius 3 is 2.40 bits per heavy atom. The van der Waals surface area contributed by atoms with Crippen LogP contribution in [0, 0.1) is 0 Å². The van der Waals surface area contributed by atoms with E-state index in [9.17, 15) is 0 Å². The van der Waals surface area contributed by atoms with Crippen LogP contribution in [0.1, 0.15) is 19.8 Å². The third-order valence-corrected chi connectivity index (χ3v) is 1.09. The number of nitrogens with one attached hydrogen (secondary N) is 1. The van der Waals surface area contributed by atoms with Crippen molar-refractivity contribution in [1.29, 1.82) is 0 Å². The molecule has 0 aliphatic rings. The molecular formula is C5H10BrMgNS2. The van der Waals surface area contributed by atoms with Crippen LogP contribution in [0.4, 0.5) is 0 Å². The zero-order valence-electron chi connectivity index (χ0n) is 6.02. The Kier molecular flexibility index (Phi) is 22.6. The molecule has 56 valence electrons. The van der Waals surface area contributed by atoms with Crippen molar-refractivity contribution in [3.05, 3.63) is 0 Å². The van der Waals surface area contributed by atoms with E-state index in [0.717, 1.165) is 13.0 Å². The molecule has 0 aliphatic heterocycles. The Labute approximate surface area is 100 Å². The van der Waals surface area contributed by atoms with E-state index in [0.29, 0.717) is 4.32 Å². The summed E-state index contributed by atoms with van der Waals surface area (Å²) in [7, 11) is 0. The second-order valence-electron chi connectivity index (χ2n) is 1.57. The molecule has 10 heavy (non-hydrogen) atoms. The normalized spacial score (nSPS) is 6.90. The molecule has 0 radical (unpaired) electrons. The Balaban J connectivity index is -0.000000245. The first kappa shape index (κ1) is 17.4. The van der Waals surface area contributed by atoms with Crippen LogP contribution in [-0.2, 0) is 12.6 Å². The van der Waals surface area contributed by atoms with Crippen LogP contribution in [0.25, 0.3) is 0 Å². The van der Waals surface area contributed by atoms with Gasteiger partial charge >= 0.3 is 23.1 Å². The average molecular weight is 252 g/mol. The molecule has 5 heteroatoms. The van der Waals surface area contributed by atoms with Gasteiger partial charge in [-0.1, -0.05) is 17.7 Å². The summed E-state index contributed by atoms with van der Waals surface area (Å²) in [6, 6.07) is 0. The summed E-state index contributed by atoms with van der Waals surface area (Å²) in [5.41, 5.74) is 0. The minimum atomic E-state index is 0. The molecule has 0 aromatic heterocycles. The maximum absolute atomic E-state index is 4.61. The second-order valence-corrected chi connectivity index (χ2v) is 2.64. The molecule has 0 rings (SSSR count). The predicted octanol–water partition coefficient (Wildman–Crippen LogP) is -2.17. The van der Waals surface area contributed by atoms with E-state index < -0.39 is 0 Å². The number of hydrogen-bond acceptors (Lipinski definition) is 2. The quantitative estimate of drug-likeness (QED) is 0.266. The first-order valence-corrected chi connectivity index (χ1v) is 3.54. The number of rotatable bonds is 3. The molecule has 0 fully saturated rings. The molecular weight excluding hydrogens is 242 g/mol. The zero-order valence-corrected chi connectivity index (χ0v) is 10.7. The van der Waals surface area contributed by atoms with Gasteiger partial charge in [0.2, 0.25) is 0 Å². The third kappa shape index (κ3) is 16.2. The van der Waals surface area contributed by atoms with Gasteiger partial charge in [-0.3, -0.25) is 0 Å². The van der Waals surface area contributed by atoms with Crippen LogP contribution in [0.2, 0.25) is 0 Å². The minimum absolute atomic E-state index is 0. The molecule has 0 aromatic rings. The van der Waals surface area contributed by atoms with Gasteiger partial charge < -0.3 is 47.1 Å². The number of unbranched alkanes of at least 4 members (excludes halogenated alkanes) is 1. The van der Waals surface area contributed by atoms with E-state index in [1.54, 1.807) is 0 Å². The Bertz CT molecular complexity index is 82.0. The van der Waals surface area contributed by atoms with Crippen LogP contribution in [-0.4, -0.2) is 33.9 Å². The van der Waals surface area contributed by atoms with Crippen molar-refractivity contribution in [1.82, 2.24) is 5.32 Å². The largest absolute Gasteiger partial charge is 2.00 e. The van der Waals surface area contributed by atoms with Crippen molar-refractivity contribution in [2.75, 3.05) is 6.54 Å². The van der Waals surface area contributed by atoms with Crippen LogP contribution in [0.3, 0.4) is 0 Å². The second kappa shape index (κ2) is 13.0. The van der Waals surface area contributed by atoms with Crippen molar-refractivity contribution < 1.29 is 17.0 Å². The molecule has 0 aromatic carbocycles. The van der Waals surface area contributed by atoms with Crippen LogP contribution >= 0.6 is 12.2 Å². The predicted molar refractivity (Wildman–Crippen MR) is 48.6 cm³/mol. The van der Waals surface area contributed by atoms with E-state index in [4.69, 9.17) is 0 Å². The number of thiocarbonyl (C=S) groups is 1. The van der Waals surface area contributed by atoms with E-state index >= 15 is 0 Å². The smallest absolute Gasteiger partial charge is 1.00 e. The molecule has 0 spiro atoms. The Morgan fingerprint density at radius 2 is 2.10 bits per heavy atom. The average Bonchev–Trinajstić information content (AvgIpc) is 1.66. The summed E-state index contributed by atoms with van der Waals surface area (Å²) in [6.45, 7) is 3.06. The summed E-state index contributed by atoms with van der Waals surface area (Å²) < 4.78 is 0.485. The first-order chi connectivity index (χ1) is 3.77. The van der Waals surface area contributed by atoms with Gasteiger partial charge in [0.15, 0.2) is 0 Å². The summed E-state index contributed by atoms with van der Waals surface area (Å²) in [6.07, 6.45) is 2.34. The Hall–Kier alpha value is 1.36. The van der Waals surface area contributed by atoms with Gasteiger partial charge in [-0.25, -0.2) is 0 Å². The molecule has 1 N–H and O–H groups in total. The standard InChI is InChI=1S/C5H11NS2.BrH.Mg/c1-2-3-4-6-5(7)8;;/h2-4H2,1H3,(H2,6,7,8);1H;/q;;+2/p-2. The van der Waals surface area contributed by atoms with Crippen LogP contribution in [0.5, 0.6) is 0 Å². The van der Waals surface area contributed by atoms with E-state index in [1.165, 1.54) is 6.42 Å². The van der Waals surface area contributed by atoms with Crippen molar-refractivity contribution in [3.63, 3.8) is 0 Å². The van der Waals surface area contributed by atoms with Gasteiger partial charge in [0.1, 0.15) is 0 Å². The fourth-order valence-corrected chi connectivity index (χ4v) is 0.571. The topological polar surface area (TPSA) is 12.0 Å². The van der Waals surface area contributed by atoms with Crippen molar-refractivity contribution >= 4 is 52.2 Å². The zero-order chi connectivity index (χ0) is 6.41. The molecule has 0 saturated heterocycles. The summed E-state index contributed by atoms with van der Waals surface area (Å²) >= 11 is 9.23. The molecule has 0 atom stereocenters. The third-order valence-electron chi connectivity index (χ3n) is 0.800. The van der Waals surface area contributed by atoms with Gasteiger partial charge in [0.25, 0.3) is 0 Å². The van der Waals surface area contributed by atoms with Crippen LogP contribution < -0.4 is 22.3 Å². The molecule has 0 saturated carbocycles. The Morgan fingerprint density at radius 1 is 1.60 bits per heavy atom. The summed E-state index contributed by atoms with van der Waals surface area (Å²) in [5, 5.41) is 2.89. The SMILES string of the molecule is CCCCNC(=S)[S-].[Br-].[Mg+2]. The van der Waals surface area contributed by atoms with Gasteiger partial charge in [0.05, 0.1) is 0 Å². The molecule has 1 nitrogen and oxygen atoms in total. The fraction of sp³-hybridized carbons (Fsp3) is 0.800. The number of halogens is 1. The first-order valence-electron chi connectivity index (χ1n) is 2.72. The summed E-state index contributed by atoms with van der Waals surface area (Å²) in [5.74, 6) is 0. The van der Waals surface area contributed by atoms with Gasteiger partial charge in [-0.05, 0) is 6.42 Å². The van der Waals surface area contributed by atoms with Gasteiger partial charge in [-0.15, -0.1) is 0 Å². The monoisotopic (exact) mass is 251 g/mol. The van der Waals surface area contributed by atoms with Crippen molar-refractivity contribution in [3.8, 4) is 0 Å². The van der Waals surface area contributed by atoms with E-state index in [2.05, 4.69) is 37.1 Å². The van der Waals surface area contributed by atoms with E-state index in [-0.39, 0.29) is 40.0 Å². The molecule has 0 aliphatic carbocycles. The summed E-state index contributed by atoms with van der Waals surface area (Å²) in [4.78, 5) is 0. The van der Waals surface area contributed by atoms with Gasteiger partial charge in [-0.2, -0.15) is 0 Å². The maximum Gasteiger partial charge on any atom is 2.00 e. The van der Waals surface area contributed by atoms with Gasteiger partial charge in [0, 0.05) is 6.54 Å². The molecule has 0 unspecified atom stereocenters. The maximum atomic E-state index is 4.61. The number of hydrogen-bond donors (Lipinski definition) is 1. The molecule has 0 heterocycles. The van der Waals surface area contributed by atoms with E-state index in [1.807, 2.05) is 0 Å². The minimum Gasteiger partial charge on any atom is -1.00 e. The van der Waals surface area contributed by atoms with Crippen molar-refractivity contribution in [2.45, 2.75) is 19.8 Å². The van der Waals surface area contributed by atoms with Crippen molar-refractivity contribution in [2.24, 2.45) is 0 Å².